The van der Waals surface area contributed by atoms with Crippen LogP contribution in [-0.2, 0) is 4.74 Å². The predicted octanol–water partition coefficient (Wildman–Crippen LogP) is -1.34. The van der Waals surface area contributed by atoms with Crippen LogP contribution in [0.5, 0.6) is 5.75 Å². The van der Waals surface area contributed by atoms with Gasteiger partial charge in [-0.25, -0.2) is 0 Å². The third-order valence-electron chi connectivity index (χ3n) is 1.43. The SMILES string of the molecule is CCOCCOc1c[c-]cc(F)c1.[Br-].[Mg+2]. The van der Waals surface area contributed by atoms with Crippen LogP contribution in [0.4, 0.5) is 4.39 Å². The van der Waals surface area contributed by atoms with Gasteiger partial charge in [0.25, 0.3) is 0 Å². The van der Waals surface area contributed by atoms with Gasteiger partial charge in [0, 0.05) is 18.2 Å². The molecule has 2 nitrogen and oxygen atoms in total. The van der Waals surface area contributed by atoms with E-state index in [0.29, 0.717) is 25.6 Å². The monoisotopic (exact) mass is 286 g/mol. The minimum atomic E-state index is -0.339. The molecular weight excluding hydrogens is 275 g/mol. The zero-order valence-corrected chi connectivity index (χ0v) is 11.6. The Labute approximate surface area is 116 Å². The van der Waals surface area contributed by atoms with E-state index in [1.165, 1.54) is 12.1 Å². The maximum atomic E-state index is 12.6. The van der Waals surface area contributed by atoms with Crippen molar-refractivity contribution in [2.75, 3.05) is 19.8 Å². The van der Waals surface area contributed by atoms with Crippen molar-refractivity contribution in [3.05, 3.63) is 30.1 Å². The van der Waals surface area contributed by atoms with Crippen molar-refractivity contribution in [1.29, 1.82) is 0 Å². The first-order chi connectivity index (χ1) is 6.33. The fourth-order valence-corrected chi connectivity index (χ4v) is 0.869. The summed E-state index contributed by atoms with van der Waals surface area (Å²) in [6.07, 6.45) is 0. The Hall–Kier alpha value is 0.156. The molecule has 0 aromatic heterocycles. The van der Waals surface area contributed by atoms with Crippen LogP contribution in [0.25, 0.3) is 0 Å². The van der Waals surface area contributed by atoms with Crippen LogP contribution in [0.15, 0.2) is 18.2 Å². The number of rotatable bonds is 5. The fraction of sp³-hybridized carbons (Fsp3) is 0.400. The summed E-state index contributed by atoms with van der Waals surface area (Å²) in [5.74, 6) is 0.147. The number of ether oxygens (including phenoxy) is 2. The first kappa shape index (κ1) is 17.5. The zero-order chi connectivity index (χ0) is 9.52. The van der Waals surface area contributed by atoms with Crippen LogP contribution in [0.1, 0.15) is 6.92 Å². The van der Waals surface area contributed by atoms with Gasteiger partial charge in [-0.1, -0.05) is 6.07 Å². The van der Waals surface area contributed by atoms with Gasteiger partial charge in [0.15, 0.2) is 0 Å². The van der Waals surface area contributed by atoms with Crippen LogP contribution >= 0.6 is 0 Å². The fourth-order valence-electron chi connectivity index (χ4n) is 0.869. The molecule has 5 heteroatoms. The van der Waals surface area contributed by atoms with Gasteiger partial charge < -0.3 is 26.5 Å². The quantitative estimate of drug-likeness (QED) is 0.379. The summed E-state index contributed by atoms with van der Waals surface area (Å²) >= 11 is 0. The molecule has 1 aromatic rings. The molecule has 0 aliphatic carbocycles. The van der Waals surface area contributed by atoms with E-state index in [9.17, 15) is 4.39 Å². The van der Waals surface area contributed by atoms with Gasteiger partial charge in [-0.2, -0.15) is 6.07 Å². The molecule has 0 fully saturated rings. The topological polar surface area (TPSA) is 18.5 Å². The standard InChI is InChI=1S/C10H12FO2.BrH.Mg/c1-2-12-6-7-13-10-5-3-4-9(11)8-10;;/h4-5,8H,2,6-7H2,1H3;1H;/q-1;;+2/p-1. The minimum Gasteiger partial charge on any atom is -1.00 e. The maximum absolute atomic E-state index is 12.6. The molecule has 80 valence electrons. The van der Waals surface area contributed by atoms with E-state index in [2.05, 4.69) is 6.07 Å². The third kappa shape index (κ3) is 8.01. The Bertz CT molecular complexity index is 261. The molecular formula is C10H12BrFMgO2. The molecule has 0 radical (unpaired) electrons. The summed E-state index contributed by atoms with van der Waals surface area (Å²) in [4.78, 5) is 0. The van der Waals surface area contributed by atoms with Crippen LogP contribution in [-0.4, -0.2) is 42.9 Å². The Morgan fingerprint density at radius 2 is 2.07 bits per heavy atom. The van der Waals surface area contributed by atoms with E-state index in [1.54, 1.807) is 6.07 Å². The van der Waals surface area contributed by atoms with Crippen LogP contribution in [0.2, 0.25) is 0 Å². The van der Waals surface area contributed by atoms with Gasteiger partial charge in [0.05, 0.1) is 13.2 Å². The van der Waals surface area contributed by atoms with Crippen molar-refractivity contribution in [2.24, 2.45) is 0 Å². The van der Waals surface area contributed by atoms with Crippen molar-refractivity contribution >= 4 is 23.1 Å². The van der Waals surface area contributed by atoms with Gasteiger partial charge in [0.2, 0.25) is 0 Å². The third-order valence-corrected chi connectivity index (χ3v) is 1.43. The summed E-state index contributed by atoms with van der Waals surface area (Å²) in [5.41, 5.74) is 0. The Morgan fingerprint density at radius 1 is 1.33 bits per heavy atom. The summed E-state index contributed by atoms with van der Waals surface area (Å²) in [7, 11) is 0. The Balaban J connectivity index is 0. The zero-order valence-electron chi connectivity index (χ0n) is 8.63. The molecule has 0 aliphatic heterocycles. The summed E-state index contributed by atoms with van der Waals surface area (Å²) in [5, 5.41) is 0. The van der Waals surface area contributed by atoms with Crippen LogP contribution in [0, 0.1) is 11.9 Å². The van der Waals surface area contributed by atoms with Crippen molar-refractivity contribution in [1.82, 2.24) is 0 Å². The molecule has 1 aromatic carbocycles. The van der Waals surface area contributed by atoms with Gasteiger partial charge in [0.1, 0.15) is 0 Å². The normalized spacial score (nSPS) is 8.67. The maximum Gasteiger partial charge on any atom is 2.00 e. The van der Waals surface area contributed by atoms with Gasteiger partial charge in [-0.15, -0.1) is 12.1 Å². The molecule has 15 heavy (non-hydrogen) atoms. The minimum absolute atomic E-state index is 0. The van der Waals surface area contributed by atoms with Crippen LogP contribution in [0.3, 0.4) is 0 Å². The molecule has 0 aliphatic rings. The van der Waals surface area contributed by atoms with Crippen molar-refractivity contribution in [2.45, 2.75) is 6.92 Å². The second kappa shape index (κ2) is 10.7. The number of benzene rings is 1. The summed E-state index contributed by atoms with van der Waals surface area (Å²) < 4.78 is 22.8. The van der Waals surface area contributed by atoms with E-state index in [-0.39, 0.29) is 45.9 Å². The largest absolute Gasteiger partial charge is 2.00 e. The molecule has 1 rings (SSSR count). The van der Waals surface area contributed by atoms with E-state index in [1.807, 2.05) is 6.92 Å². The van der Waals surface area contributed by atoms with Crippen molar-refractivity contribution < 1.29 is 30.8 Å². The van der Waals surface area contributed by atoms with Gasteiger partial charge in [-0.05, 0) is 6.92 Å². The first-order valence-corrected chi connectivity index (χ1v) is 4.20. The molecule has 0 heterocycles. The van der Waals surface area contributed by atoms with Crippen molar-refractivity contribution in [3.63, 3.8) is 0 Å². The Morgan fingerprint density at radius 3 is 2.67 bits per heavy atom. The molecule has 0 amide bonds. The van der Waals surface area contributed by atoms with E-state index in [4.69, 9.17) is 9.47 Å². The van der Waals surface area contributed by atoms with Crippen LogP contribution < -0.4 is 21.7 Å². The number of hydrogen-bond donors (Lipinski definition) is 0. The van der Waals surface area contributed by atoms with Gasteiger partial charge >= 0.3 is 23.1 Å². The van der Waals surface area contributed by atoms with E-state index < -0.39 is 0 Å². The first-order valence-electron chi connectivity index (χ1n) is 4.20. The number of halogens is 2. The summed E-state index contributed by atoms with van der Waals surface area (Å²) in [6, 6.07) is 6.80. The van der Waals surface area contributed by atoms with E-state index >= 15 is 0 Å². The summed E-state index contributed by atoms with van der Waals surface area (Å²) in [6.45, 7) is 3.53. The molecule has 0 bridgehead atoms. The average molecular weight is 287 g/mol. The van der Waals surface area contributed by atoms with Crippen molar-refractivity contribution in [3.8, 4) is 5.75 Å². The molecule has 0 saturated heterocycles. The molecule has 0 unspecified atom stereocenters. The van der Waals surface area contributed by atoms with Gasteiger partial charge in [-0.3, -0.25) is 4.39 Å². The average Bonchev–Trinajstić information content (AvgIpc) is 2.13. The second-order valence-corrected chi connectivity index (χ2v) is 2.43. The molecule has 0 atom stereocenters. The Kier molecular flexibility index (Phi) is 12.5. The molecule has 0 N–H and O–H groups in total. The smallest absolute Gasteiger partial charge is 1.00 e. The number of hydrogen-bond acceptors (Lipinski definition) is 2. The predicted molar refractivity (Wildman–Crippen MR) is 53.0 cm³/mol. The molecule has 0 saturated carbocycles. The van der Waals surface area contributed by atoms with E-state index in [0.717, 1.165) is 0 Å². The second-order valence-electron chi connectivity index (χ2n) is 2.43. The molecule has 0 spiro atoms.